The fraction of sp³-hybridized carbons (Fsp3) is 0.0526. The Bertz CT molecular complexity index is 1150. The minimum absolute atomic E-state index is 0.0881. The largest absolute Gasteiger partial charge is 0.377 e. The topological polar surface area (TPSA) is 74.1 Å². The Labute approximate surface area is 150 Å². The lowest BCUT2D eigenvalue weighted by atomic mass is 10.2. The maximum absolute atomic E-state index is 12.6. The van der Waals surface area contributed by atoms with Gasteiger partial charge in [-0.25, -0.2) is 0 Å². The molecule has 0 saturated carbocycles. The van der Waals surface area contributed by atoms with E-state index < -0.39 is 10.1 Å². The van der Waals surface area contributed by atoms with E-state index in [1.807, 2.05) is 31.2 Å². The van der Waals surface area contributed by atoms with Crippen LogP contribution in [0.5, 0.6) is 5.75 Å². The van der Waals surface area contributed by atoms with Crippen molar-refractivity contribution in [2.75, 3.05) is 0 Å². The van der Waals surface area contributed by atoms with Crippen molar-refractivity contribution < 1.29 is 12.6 Å². The maximum atomic E-state index is 12.6. The molecule has 0 unspecified atom stereocenters. The Morgan fingerprint density at radius 3 is 2.12 bits per heavy atom. The van der Waals surface area contributed by atoms with Crippen molar-refractivity contribution in [3.05, 3.63) is 78.4 Å². The van der Waals surface area contributed by atoms with E-state index in [1.165, 1.54) is 16.9 Å². The number of hydrogen-bond donors (Lipinski definition) is 0. The molecule has 0 N–H and O–H groups in total. The lowest BCUT2D eigenvalue weighted by molar-refractivity contribution is 0.482. The second kappa shape index (κ2) is 6.27. The summed E-state index contributed by atoms with van der Waals surface area (Å²) in [6.45, 7) is 1.90. The van der Waals surface area contributed by atoms with E-state index in [0.29, 0.717) is 16.7 Å². The highest BCUT2D eigenvalue weighted by molar-refractivity contribution is 7.87. The van der Waals surface area contributed by atoms with Crippen molar-refractivity contribution in [1.29, 1.82) is 0 Å². The zero-order chi connectivity index (χ0) is 18.1. The molecule has 6 nitrogen and oxygen atoms in total. The monoisotopic (exact) mass is 365 g/mol. The molecule has 0 fully saturated rings. The van der Waals surface area contributed by atoms with Crippen molar-refractivity contribution in [1.82, 2.24) is 15.0 Å². The molecule has 0 atom stereocenters. The first-order valence-electron chi connectivity index (χ1n) is 7.96. The van der Waals surface area contributed by atoms with Gasteiger partial charge in [-0.2, -0.15) is 8.42 Å². The van der Waals surface area contributed by atoms with Crippen molar-refractivity contribution in [3.8, 4) is 11.4 Å². The summed E-state index contributed by atoms with van der Waals surface area (Å²) in [5.74, 6) is 0.166. The highest BCUT2D eigenvalue weighted by atomic mass is 32.2. The minimum atomic E-state index is -3.96. The van der Waals surface area contributed by atoms with Gasteiger partial charge in [0, 0.05) is 0 Å². The van der Waals surface area contributed by atoms with Gasteiger partial charge in [0.25, 0.3) is 0 Å². The summed E-state index contributed by atoms with van der Waals surface area (Å²) in [6.07, 6.45) is 0. The van der Waals surface area contributed by atoms with Gasteiger partial charge in [0.05, 0.1) is 0 Å². The number of aryl methyl sites for hydroxylation is 1. The Morgan fingerprint density at radius 1 is 0.846 bits per heavy atom. The van der Waals surface area contributed by atoms with Gasteiger partial charge in [-0.1, -0.05) is 36.4 Å². The zero-order valence-corrected chi connectivity index (χ0v) is 14.7. The summed E-state index contributed by atoms with van der Waals surface area (Å²) in [5, 5.41) is 8.84. The highest BCUT2D eigenvalue weighted by Gasteiger charge is 2.20. The molecule has 4 aromatic rings. The van der Waals surface area contributed by atoms with E-state index in [4.69, 9.17) is 4.18 Å². The van der Waals surface area contributed by atoms with Crippen molar-refractivity contribution in [2.24, 2.45) is 0 Å². The molecule has 0 amide bonds. The highest BCUT2D eigenvalue weighted by Crippen LogP contribution is 2.27. The predicted octanol–water partition coefficient (Wildman–Crippen LogP) is 3.50. The van der Waals surface area contributed by atoms with Crippen molar-refractivity contribution >= 4 is 21.2 Å². The second-order valence-electron chi connectivity index (χ2n) is 5.80. The van der Waals surface area contributed by atoms with Crippen LogP contribution in [0.15, 0.2) is 77.7 Å². The summed E-state index contributed by atoms with van der Waals surface area (Å²) < 4.78 is 30.5. The molecule has 0 bridgehead atoms. The number of benzene rings is 3. The molecule has 0 aliphatic rings. The Balaban J connectivity index is 1.80. The van der Waals surface area contributed by atoms with E-state index in [2.05, 4.69) is 10.2 Å². The summed E-state index contributed by atoms with van der Waals surface area (Å²) in [5.41, 5.74) is 2.82. The smallest absolute Gasteiger partial charge is 0.339 e. The first-order chi connectivity index (χ1) is 12.5. The van der Waals surface area contributed by atoms with Gasteiger partial charge in [0.15, 0.2) is 5.75 Å². The summed E-state index contributed by atoms with van der Waals surface area (Å²) in [4.78, 5) is 1.48. The van der Waals surface area contributed by atoms with E-state index in [-0.39, 0.29) is 10.6 Å². The van der Waals surface area contributed by atoms with Crippen LogP contribution in [0.4, 0.5) is 0 Å². The number of hydrogen-bond acceptors (Lipinski definition) is 5. The SMILES string of the molecule is Cc1ccc(OS(=O)(=O)c2ccccc2)c(-n2nc3ccccc3n2)c1. The van der Waals surface area contributed by atoms with Crippen LogP contribution < -0.4 is 4.18 Å². The van der Waals surface area contributed by atoms with Gasteiger partial charge < -0.3 is 4.18 Å². The third-order valence-corrected chi connectivity index (χ3v) is 5.10. The van der Waals surface area contributed by atoms with Crippen LogP contribution in [0.1, 0.15) is 5.56 Å². The third kappa shape index (κ3) is 3.04. The van der Waals surface area contributed by atoms with Crippen LogP contribution in [0.25, 0.3) is 16.7 Å². The number of rotatable bonds is 4. The van der Waals surface area contributed by atoms with Crippen LogP contribution in [0.2, 0.25) is 0 Å². The Hall–Kier alpha value is -3.19. The lowest BCUT2D eigenvalue weighted by Crippen LogP contribution is -2.12. The van der Waals surface area contributed by atoms with E-state index in [0.717, 1.165) is 5.56 Å². The zero-order valence-electron chi connectivity index (χ0n) is 13.9. The third-order valence-electron chi connectivity index (χ3n) is 3.85. The van der Waals surface area contributed by atoms with Gasteiger partial charge in [-0.05, 0) is 48.9 Å². The minimum Gasteiger partial charge on any atom is -0.377 e. The van der Waals surface area contributed by atoms with Gasteiger partial charge in [0.1, 0.15) is 21.6 Å². The van der Waals surface area contributed by atoms with E-state index >= 15 is 0 Å². The molecule has 3 aromatic carbocycles. The summed E-state index contributed by atoms with van der Waals surface area (Å²) in [6, 6.07) is 20.6. The van der Waals surface area contributed by atoms with Crippen molar-refractivity contribution in [2.45, 2.75) is 11.8 Å². The van der Waals surface area contributed by atoms with Crippen LogP contribution in [0.3, 0.4) is 0 Å². The van der Waals surface area contributed by atoms with Crippen LogP contribution in [-0.2, 0) is 10.1 Å². The Morgan fingerprint density at radius 2 is 1.46 bits per heavy atom. The molecule has 1 heterocycles. The van der Waals surface area contributed by atoms with Crippen LogP contribution in [-0.4, -0.2) is 23.4 Å². The summed E-state index contributed by atoms with van der Waals surface area (Å²) in [7, 11) is -3.96. The van der Waals surface area contributed by atoms with Gasteiger partial charge >= 0.3 is 10.1 Å². The van der Waals surface area contributed by atoms with Crippen LogP contribution in [0, 0.1) is 6.92 Å². The van der Waals surface area contributed by atoms with E-state index in [9.17, 15) is 8.42 Å². The van der Waals surface area contributed by atoms with Gasteiger partial charge in [-0.3, -0.25) is 0 Å². The molecule has 0 saturated heterocycles. The normalized spacial score (nSPS) is 11.6. The number of nitrogens with zero attached hydrogens (tertiary/aromatic N) is 3. The standard InChI is InChI=1S/C19H15N3O3S/c1-14-11-12-19(25-26(23,24)15-7-3-2-4-8-15)18(13-14)22-20-16-9-5-6-10-17(16)21-22/h2-13H,1H3. The molecule has 7 heteroatoms. The average molecular weight is 365 g/mol. The average Bonchev–Trinajstić information content (AvgIpc) is 3.08. The molecule has 1 aromatic heterocycles. The van der Waals surface area contributed by atoms with E-state index in [1.54, 1.807) is 36.4 Å². The second-order valence-corrected chi connectivity index (χ2v) is 7.35. The predicted molar refractivity (Wildman–Crippen MR) is 97.9 cm³/mol. The molecule has 0 aliphatic heterocycles. The molecular weight excluding hydrogens is 350 g/mol. The molecule has 130 valence electrons. The first kappa shape index (κ1) is 16.3. The number of aromatic nitrogens is 3. The van der Waals surface area contributed by atoms with Gasteiger partial charge in [-0.15, -0.1) is 15.0 Å². The molecule has 4 rings (SSSR count). The molecule has 0 spiro atoms. The molecular formula is C19H15N3O3S. The lowest BCUT2D eigenvalue weighted by Gasteiger charge is -2.11. The number of fused-ring (bicyclic) bond motifs is 1. The van der Waals surface area contributed by atoms with Crippen LogP contribution >= 0.6 is 0 Å². The maximum Gasteiger partial charge on any atom is 0.339 e. The fourth-order valence-corrected chi connectivity index (χ4v) is 3.54. The fourth-order valence-electron chi connectivity index (χ4n) is 2.58. The van der Waals surface area contributed by atoms with Gasteiger partial charge in [0.2, 0.25) is 0 Å². The first-order valence-corrected chi connectivity index (χ1v) is 9.36. The van der Waals surface area contributed by atoms with Crippen molar-refractivity contribution in [3.63, 3.8) is 0 Å². The molecule has 0 radical (unpaired) electrons. The summed E-state index contributed by atoms with van der Waals surface area (Å²) >= 11 is 0. The molecule has 26 heavy (non-hydrogen) atoms. The molecule has 0 aliphatic carbocycles. The Kier molecular flexibility index (Phi) is 3.93. The quantitative estimate of drug-likeness (QED) is 0.518.